The highest BCUT2D eigenvalue weighted by atomic mass is 19.1. The number of anilines is 1. The first-order chi connectivity index (χ1) is 16.4. The fraction of sp³-hybridized carbons (Fsp3) is 0.556. The Morgan fingerprint density at radius 1 is 0.853 bits per heavy atom. The van der Waals surface area contributed by atoms with Crippen LogP contribution in [0.1, 0.15) is 33.1 Å². The van der Waals surface area contributed by atoms with Crippen LogP contribution in [-0.4, -0.2) is 73.1 Å². The molecule has 5 aliphatic rings. The predicted molar refractivity (Wildman–Crippen MR) is 127 cm³/mol. The summed E-state index contributed by atoms with van der Waals surface area (Å²) in [7, 11) is 0. The Morgan fingerprint density at radius 3 is 1.97 bits per heavy atom. The van der Waals surface area contributed by atoms with Crippen LogP contribution in [0, 0.1) is 17.7 Å². The van der Waals surface area contributed by atoms with Gasteiger partial charge >= 0.3 is 0 Å². The van der Waals surface area contributed by atoms with E-state index >= 15 is 0 Å². The molecule has 3 saturated heterocycles. The van der Waals surface area contributed by atoms with E-state index in [2.05, 4.69) is 23.6 Å². The Morgan fingerprint density at radius 2 is 1.41 bits per heavy atom. The van der Waals surface area contributed by atoms with Crippen LogP contribution in [-0.2, 0) is 14.3 Å². The van der Waals surface area contributed by atoms with Gasteiger partial charge in [-0.25, -0.2) is 4.39 Å². The molecule has 2 bridgehead atoms. The van der Waals surface area contributed by atoms with Gasteiger partial charge < -0.3 is 9.64 Å². The number of piperazine rings is 1. The molecule has 1 aromatic rings. The molecule has 6 nitrogen and oxygen atoms in total. The Kier molecular flexibility index (Phi) is 5.37. The maximum Gasteiger partial charge on any atom is 0.236 e. The van der Waals surface area contributed by atoms with Crippen molar-refractivity contribution in [1.82, 2.24) is 9.80 Å². The average molecular weight is 466 g/mol. The van der Waals surface area contributed by atoms with Gasteiger partial charge in [0.2, 0.25) is 11.8 Å². The normalized spacial score (nSPS) is 31.1. The molecule has 0 N–H and O–H groups in total. The van der Waals surface area contributed by atoms with Crippen LogP contribution >= 0.6 is 0 Å². The summed E-state index contributed by atoms with van der Waals surface area (Å²) >= 11 is 0. The Labute approximate surface area is 200 Å². The lowest BCUT2D eigenvalue weighted by atomic mass is 9.71. The van der Waals surface area contributed by atoms with Gasteiger partial charge in [0.15, 0.2) is 0 Å². The van der Waals surface area contributed by atoms with Gasteiger partial charge in [0, 0.05) is 38.4 Å². The van der Waals surface area contributed by atoms with E-state index in [1.165, 1.54) is 39.3 Å². The smallest absolute Gasteiger partial charge is 0.236 e. The second-order valence-corrected chi connectivity index (χ2v) is 10.5. The molecule has 0 saturated carbocycles. The number of hydrogen-bond acceptors (Lipinski definition) is 5. The van der Waals surface area contributed by atoms with Crippen molar-refractivity contribution >= 4 is 17.5 Å². The van der Waals surface area contributed by atoms with E-state index in [-0.39, 0.29) is 41.7 Å². The highest BCUT2D eigenvalue weighted by Crippen LogP contribution is 2.55. The maximum absolute atomic E-state index is 13.3. The SMILES string of the molecule is CC1=C(C)CC2=C(C1)C1OC2C2C(=O)N(CCCN3CCN(c4ccc(F)cc4)CC3)C(=O)C12. The summed E-state index contributed by atoms with van der Waals surface area (Å²) in [5.74, 6) is -0.906. The van der Waals surface area contributed by atoms with Gasteiger partial charge in [0.1, 0.15) is 5.82 Å². The molecule has 1 aliphatic carbocycles. The van der Waals surface area contributed by atoms with Gasteiger partial charge in [-0.05, 0) is 75.1 Å². The van der Waals surface area contributed by atoms with Crippen molar-refractivity contribution < 1.29 is 18.7 Å². The second-order valence-electron chi connectivity index (χ2n) is 10.5. The quantitative estimate of drug-likeness (QED) is 0.494. The van der Waals surface area contributed by atoms with E-state index < -0.39 is 0 Å². The molecule has 0 radical (unpaired) electrons. The van der Waals surface area contributed by atoms with Gasteiger partial charge in [0.05, 0.1) is 24.0 Å². The molecule has 4 aliphatic heterocycles. The second kappa shape index (κ2) is 8.31. The molecular formula is C27H32FN3O3. The molecule has 4 heterocycles. The zero-order chi connectivity index (χ0) is 23.6. The summed E-state index contributed by atoms with van der Waals surface area (Å²) in [6.45, 7) is 9.30. The van der Waals surface area contributed by atoms with Crippen molar-refractivity contribution in [3.05, 3.63) is 52.4 Å². The topological polar surface area (TPSA) is 53.1 Å². The minimum absolute atomic E-state index is 0.0286. The summed E-state index contributed by atoms with van der Waals surface area (Å²) in [5.41, 5.74) is 6.35. The van der Waals surface area contributed by atoms with Gasteiger partial charge in [-0.3, -0.25) is 19.4 Å². The van der Waals surface area contributed by atoms with Crippen molar-refractivity contribution in [3.63, 3.8) is 0 Å². The zero-order valence-corrected chi connectivity index (χ0v) is 19.9. The van der Waals surface area contributed by atoms with Crippen LogP contribution in [0.5, 0.6) is 0 Å². The molecule has 4 atom stereocenters. The third-order valence-electron chi connectivity index (χ3n) is 8.59. The molecule has 6 rings (SSSR count). The molecule has 0 aromatic heterocycles. The molecule has 2 amide bonds. The van der Waals surface area contributed by atoms with Gasteiger partial charge in [-0.2, -0.15) is 0 Å². The molecule has 7 heteroatoms. The number of ether oxygens (including phenoxy) is 1. The number of allylic oxidation sites excluding steroid dienone is 2. The zero-order valence-electron chi connectivity index (χ0n) is 19.9. The number of halogens is 1. The number of fused-ring (bicyclic) bond motifs is 7. The van der Waals surface area contributed by atoms with Crippen LogP contribution in [0.3, 0.4) is 0 Å². The van der Waals surface area contributed by atoms with E-state index in [0.717, 1.165) is 57.7 Å². The first kappa shape index (κ1) is 22.0. The monoisotopic (exact) mass is 465 g/mol. The van der Waals surface area contributed by atoms with Gasteiger partial charge in [0.25, 0.3) is 0 Å². The van der Waals surface area contributed by atoms with Gasteiger partial charge in [-0.15, -0.1) is 0 Å². The van der Waals surface area contributed by atoms with E-state index in [1.807, 2.05) is 12.1 Å². The largest absolute Gasteiger partial charge is 0.369 e. The van der Waals surface area contributed by atoms with E-state index in [9.17, 15) is 14.0 Å². The molecule has 34 heavy (non-hydrogen) atoms. The molecule has 1 aromatic carbocycles. The average Bonchev–Trinajstić information content (AvgIpc) is 3.46. The first-order valence-corrected chi connectivity index (χ1v) is 12.5. The van der Waals surface area contributed by atoms with Crippen molar-refractivity contribution in [2.45, 2.75) is 45.3 Å². The number of hydrogen-bond donors (Lipinski definition) is 0. The number of carbonyl (C=O) groups is 2. The lowest BCUT2D eigenvalue weighted by Gasteiger charge is -2.36. The van der Waals surface area contributed by atoms with Crippen molar-refractivity contribution in [3.8, 4) is 0 Å². The standard InChI is InChI=1S/C27H32FN3O3/c1-16-14-20-21(15-17(16)2)25-23-22(24(20)34-25)26(32)31(27(23)33)9-3-8-29-10-12-30(13-11-29)19-6-4-18(28)5-7-19/h4-7,22-25H,3,8-15H2,1-2H3. The summed E-state index contributed by atoms with van der Waals surface area (Å²) in [5, 5.41) is 0. The lowest BCUT2D eigenvalue weighted by Crippen LogP contribution is -2.47. The van der Waals surface area contributed by atoms with E-state index in [1.54, 1.807) is 0 Å². The Hall–Kier alpha value is -2.51. The Bertz CT molecular complexity index is 1040. The summed E-state index contributed by atoms with van der Waals surface area (Å²) < 4.78 is 19.4. The number of carbonyl (C=O) groups excluding carboxylic acids is 2. The number of nitrogens with zero attached hydrogens (tertiary/aromatic N) is 3. The summed E-state index contributed by atoms with van der Waals surface area (Å²) in [4.78, 5) is 32.7. The number of amides is 2. The van der Waals surface area contributed by atoms with Gasteiger partial charge in [-0.1, -0.05) is 11.1 Å². The maximum atomic E-state index is 13.3. The highest BCUT2D eigenvalue weighted by molar-refractivity contribution is 6.07. The molecule has 0 spiro atoms. The van der Waals surface area contributed by atoms with Crippen LogP contribution in [0.2, 0.25) is 0 Å². The number of rotatable bonds is 5. The number of imide groups is 1. The third-order valence-corrected chi connectivity index (χ3v) is 8.59. The summed E-state index contributed by atoms with van der Waals surface area (Å²) in [6.07, 6.45) is 2.16. The molecule has 3 fully saturated rings. The minimum Gasteiger partial charge on any atom is -0.369 e. The van der Waals surface area contributed by atoms with Crippen LogP contribution < -0.4 is 4.90 Å². The Balaban J connectivity index is 1.03. The minimum atomic E-state index is -0.318. The van der Waals surface area contributed by atoms with Crippen molar-refractivity contribution in [2.24, 2.45) is 11.8 Å². The number of benzene rings is 1. The fourth-order valence-electron chi connectivity index (χ4n) is 6.56. The number of likely N-dealkylation sites (tertiary alicyclic amines) is 1. The first-order valence-electron chi connectivity index (χ1n) is 12.5. The highest BCUT2D eigenvalue weighted by Gasteiger charge is 2.64. The van der Waals surface area contributed by atoms with E-state index in [4.69, 9.17) is 4.74 Å². The van der Waals surface area contributed by atoms with Crippen LogP contribution in [0.15, 0.2) is 46.6 Å². The molecule has 4 unspecified atom stereocenters. The van der Waals surface area contributed by atoms with E-state index in [0.29, 0.717) is 6.54 Å². The lowest BCUT2D eigenvalue weighted by molar-refractivity contribution is -0.142. The van der Waals surface area contributed by atoms with Crippen molar-refractivity contribution in [1.29, 1.82) is 0 Å². The fourth-order valence-corrected chi connectivity index (χ4v) is 6.56. The molecular weight excluding hydrogens is 433 g/mol. The third kappa shape index (κ3) is 3.43. The van der Waals surface area contributed by atoms with Crippen LogP contribution in [0.25, 0.3) is 0 Å². The predicted octanol–water partition coefficient (Wildman–Crippen LogP) is 3.15. The van der Waals surface area contributed by atoms with Crippen molar-refractivity contribution in [2.75, 3.05) is 44.2 Å². The van der Waals surface area contributed by atoms with Crippen LogP contribution in [0.4, 0.5) is 10.1 Å². The summed E-state index contributed by atoms with van der Waals surface area (Å²) in [6, 6.07) is 6.66. The molecule has 180 valence electrons.